The van der Waals surface area contributed by atoms with E-state index in [1.165, 1.54) is 38.1 Å². The topological polar surface area (TPSA) is 44.8 Å². The molecule has 2 rings (SSSR count). The van der Waals surface area contributed by atoms with Crippen LogP contribution >= 0.6 is 11.8 Å². The van der Waals surface area contributed by atoms with Gasteiger partial charge in [-0.05, 0) is 24.3 Å². The van der Waals surface area contributed by atoms with Crippen molar-refractivity contribution in [1.82, 2.24) is 0 Å². The molecule has 0 amide bonds. The average Bonchev–Trinajstić information content (AvgIpc) is 2.59. The number of thioether (sulfide) groups is 1. The molecule has 0 unspecified atom stereocenters. The second-order valence-electron chi connectivity index (χ2n) is 4.54. The smallest absolute Gasteiger partial charge is 0.342 e. The first kappa shape index (κ1) is 17.3. The molecule has 0 aliphatic rings. The van der Waals surface area contributed by atoms with Gasteiger partial charge in [-0.1, -0.05) is 18.2 Å². The molecule has 0 fully saturated rings. The summed E-state index contributed by atoms with van der Waals surface area (Å²) in [7, 11) is 2.72. The third-order valence-corrected chi connectivity index (χ3v) is 4.10. The number of carbonyl (C=O) groups excluding carboxylic acids is 1. The SMILES string of the molecule is COCOc1ccc(F)c(CSc2ccccc2)c1C(=O)OC. The number of hydrogen-bond donors (Lipinski definition) is 0. The molecule has 0 aliphatic heterocycles. The van der Waals surface area contributed by atoms with Crippen LogP contribution in [0.5, 0.6) is 5.75 Å². The van der Waals surface area contributed by atoms with Crippen LogP contribution < -0.4 is 4.74 Å². The zero-order chi connectivity index (χ0) is 16.7. The minimum Gasteiger partial charge on any atom is -0.467 e. The Morgan fingerprint density at radius 2 is 1.87 bits per heavy atom. The number of benzene rings is 2. The van der Waals surface area contributed by atoms with Gasteiger partial charge in [-0.3, -0.25) is 0 Å². The molecular formula is C17H17FO4S. The zero-order valence-corrected chi connectivity index (χ0v) is 13.7. The van der Waals surface area contributed by atoms with Crippen LogP contribution in [0.4, 0.5) is 4.39 Å². The molecule has 2 aromatic rings. The molecule has 23 heavy (non-hydrogen) atoms. The number of carbonyl (C=O) groups is 1. The lowest BCUT2D eigenvalue weighted by atomic mass is 10.1. The minimum absolute atomic E-state index is 0.0408. The Morgan fingerprint density at radius 3 is 2.52 bits per heavy atom. The highest BCUT2D eigenvalue weighted by molar-refractivity contribution is 7.98. The van der Waals surface area contributed by atoms with E-state index in [1.807, 2.05) is 30.3 Å². The Balaban J connectivity index is 2.33. The molecule has 122 valence electrons. The van der Waals surface area contributed by atoms with Gasteiger partial charge < -0.3 is 14.2 Å². The maximum atomic E-state index is 14.2. The molecule has 6 heteroatoms. The lowest BCUT2D eigenvalue weighted by Crippen LogP contribution is -2.12. The normalized spacial score (nSPS) is 10.4. The molecule has 0 radical (unpaired) electrons. The van der Waals surface area contributed by atoms with Gasteiger partial charge in [0.2, 0.25) is 0 Å². The number of esters is 1. The van der Waals surface area contributed by atoms with E-state index >= 15 is 0 Å². The van der Waals surface area contributed by atoms with E-state index in [0.29, 0.717) is 0 Å². The van der Waals surface area contributed by atoms with Gasteiger partial charge in [0, 0.05) is 23.3 Å². The number of ether oxygens (including phenoxy) is 3. The van der Waals surface area contributed by atoms with Crippen molar-refractivity contribution in [2.24, 2.45) is 0 Å². The first-order valence-electron chi connectivity index (χ1n) is 6.86. The fraction of sp³-hybridized carbons (Fsp3) is 0.235. The molecule has 0 aliphatic carbocycles. The summed E-state index contributed by atoms with van der Waals surface area (Å²) in [5, 5.41) is 0. The number of hydrogen-bond acceptors (Lipinski definition) is 5. The third-order valence-electron chi connectivity index (χ3n) is 3.07. The predicted octanol–water partition coefficient (Wildman–Crippen LogP) is 3.89. The lowest BCUT2D eigenvalue weighted by Gasteiger charge is -2.14. The molecule has 0 spiro atoms. The standard InChI is InChI=1S/C17H17FO4S/c1-20-11-22-15-9-8-14(18)13(16(15)17(19)21-2)10-23-12-6-4-3-5-7-12/h3-9H,10-11H2,1-2H3. The monoisotopic (exact) mass is 336 g/mol. The van der Waals surface area contributed by atoms with Crippen molar-refractivity contribution in [3.63, 3.8) is 0 Å². The molecule has 2 aromatic carbocycles. The maximum Gasteiger partial charge on any atom is 0.342 e. The summed E-state index contributed by atoms with van der Waals surface area (Å²) >= 11 is 1.43. The number of rotatable bonds is 7. The summed E-state index contributed by atoms with van der Waals surface area (Å²) in [6, 6.07) is 12.2. The van der Waals surface area contributed by atoms with Crippen LogP contribution in [0.25, 0.3) is 0 Å². The molecule has 0 N–H and O–H groups in total. The van der Waals surface area contributed by atoms with Crippen molar-refractivity contribution in [2.75, 3.05) is 21.0 Å². The van der Waals surface area contributed by atoms with Gasteiger partial charge in [0.05, 0.1) is 7.11 Å². The second-order valence-corrected chi connectivity index (χ2v) is 5.59. The Morgan fingerprint density at radius 1 is 1.13 bits per heavy atom. The Labute approximate surface area is 138 Å². The Hall–Kier alpha value is -2.05. The highest BCUT2D eigenvalue weighted by Gasteiger charge is 2.22. The van der Waals surface area contributed by atoms with Crippen LogP contribution in [0.15, 0.2) is 47.4 Å². The molecule has 0 atom stereocenters. The van der Waals surface area contributed by atoms with Crippen molar-refractivity contribution in [3.05, 3.63) is 59.4 Å². The molecule has 4 nitrogen and oxygen atoms in total. The van der Waals surface area contributed by atoms with Gasteiger partial charge in [0.25, 0.3) is 0 Å². The van der Waals surface area contributed by atoms with Crippen molar-refractivity contribution >= 4 is 17.7 Å². The molecule has 0 bridgehead atoms. The van der Waals surface area contributed by atoms with E-state index in [4.69, 9.17) is 14.2 Å². The van der Waals surface area contributed by atoms with E-state index < -0.39 is 11.8 Å². The molecular weight excluding hydrogens is 319 g/mol. The molecule has 0 saturated heterocycles. The lowest BCUT2D eigenvalue weighted by molar-refractivity contribution is 0.0463. The van der Waals surface area contributed by atoms with Crippen LogP contribution in [0.3, 0.4) is 0 Å². The maximum absolute atomic E-state index is 14.2. The predicted molar refractivity (Wildman–Crippen MR) is 86.2 cm³/mol. The largest absolute Gasteiger partial charge is 0.467 e. The zero-order valence-electron chi connectivity index (χ0n) is 12.9. The number of methoxy groups -OCH3 is 2. The Bertz CT molecular complexity index is 661. The second kappa shape index (κ2) is 8.55. The van der Waals surface area contributed by atoms with E-state index in [1.54, 1.807) is 0 Å². The van der Waals surface area contributed by atoms with E-state index in [0.717, 1.165) is 4.90 Å². The van der Waals surface area contributed by atoms with Crippen LogP contribution in [0.2, 0.25) is 0 Å². The summed E-state index contributed by atoms with van der Waals surface area (Å²) in [5.41, 5.74) is 0.340. The van der Waals surface area contributed by atoms with Crippen LogP contribution in [0.1, 0.15) is 15.9 Å². The fourth-order valence-electron chi connectivity index (χ4n) is 1.98. The highest BCUT2D eigenvalue weighted by atomic mass is 32.2. The van der Waals surface area contributed by atoms with Crippen molar-refractivity contribution in [2.45, 2.75) is 10.6 Å². The minimum atomic E-state index is -0.640. The first-order chi connectivity index (χ1) is 11.2. The van der Waals surface area contributed by atoms with Crippen molar-refractivity contribution in [1.29, 1.82) is 0 Å². The third kappa shape index (κ3) is 4.46. The van der Waals surface area contributed by atoms with E-state index in [9.17, 15) is 9.18 Å². The first-order valence-corrected chi connectivity index (χ1v) is 7.85. The van der Waals surface area contributed by atoms with Gasteiger partial charge in [0.1, 0.15) is 17.1 Å². The molecule has 0 saturated carbocycles. The van der Waals surface area contributed by atoms with Gasteiger partial charge in [-0.25, -0.2) is 9.18 Å². The quantitative estimate of drug-likeness (QED) is 0.436. The summed E-state index contributed by atoms with van der Waals surface area (Å²) in [6.45, 7) is -0.0408. The van der Waals surface area contributed by atoms with Gasteiger partial charge in [0.15, 0.2) is 6.79 Å². The van der Waals surface area contributed by atoms with Crippen LogP contribution in [-0.4, -0.2) is 27.0 Å². The average molecular weight is 336 g/mol. The van der Waals surface area contributed by atoms with Gasteiger partial charge >= 0.3 is 5.97 Å². The van der Waals surface area contributed by atoms with E-state index in [-0.39, 0.29) is 29.4 Å². The van der Waals surface area contributed by atoms with Gasteiger partial charge in [-0.15, -0.1) is 11.8 Å². The Kier molecular flexibility index (Phi) is 6.43. The molecule has 0 heterocycles. The van der Waals surface area contributed by atoms with Crippen LogP contribution in [0, 0.1) is 5.82 Å². The molecule has 0 aromatic heterocycles. The van der Waals surface area contributed by atoms with Crippen molar-refractivity contribution < 1.29 is 23.4 Å². The number of halogens is 1. The fourth-order valence-corrected chi connectivity index (χ4v) is 2.93. The van der Waals surface area contributed by atoms with E-state index in [2.05, 4.69) is 0 Å². The summed E-state index contributed by atoms with van der Waals surface area (Å²) in [4.78, 5) is 13.0. The summed E-state index contributed by atoms with van der Waals surface area (Å²) < 4.78 is 29.2. The van der Waals surface area contributed by atoms with Crippen molar-refractivity contribution in [3.8, 4) is 5.75 Å². The summed E-state index contributed by atoms with van der Waals surface area (Å²) in [6.07, 6.45) is 0. The van der Waals surface area contributed by atoms with Crippen LogP contribution in [-0.2, 0) is 15.2 Å². The highest BCUT2D eigenvalue weighted by Crippen LogP contribution is 2.31. The summed E-state index contributed by atoms with van der Waals surface area (Å²) in [5.74, 6) is -0.591. The van der Waals surface area contributed by atoms with Gasteiger partial charge in [-0.2, -0.15) is 0 Å².